The summed E-state index contributed by atoms with van der Waals surface area (Å²) in [6.45, 7) is 9.08. The summed E-state index contributed by atoms with van der Waals surface area (Å²) in [5.74, 6) is -0.622. The van der Waals surface area contributed by atoms with Crippen molar-refractivity contribution in [3.8, 4) is 5.88 Å². The van der Waals surface area contributed by atoms with Crippen LogP contribution >= 0.6 is 23.2 Å². The van der Waals surface area contributed by atoms with E-state index < -0.39 is 29.2 Å². The second-order valence-electron chi connectivity index (χ2n) is 11.7. The van der Waals surface area contributed by atoms with Gasteiger partial charge in [-0.05, 0) is 50.5 Å². The molecule has 1 unspecified atom stereocenters. The molecule has 2 aromatic heterocycles. The lowest BCUT2D eigenvalue weighted by molar-refractivity contribution is -0.114. The van der Waals surface area contributed by atoms with Crippen molar-refractivity contribution in [2.24, 2.45) is 23.7 Å². The summed E-state index contributed by atoms with van der Waals surface area (Å²) < 4.78 is 12.3. The minimum absolute atomic E-state index is 0.0338. The number of methoxy groups -OCH3 is 1. The van der Waals surface area contributed by atoms with Crippen LogP contribution in [-0.4, -0.2) is 52.0 Å². The van der Waals surface area contributed by atoms with Crippen LogP contribution < -0.4 is 25.8 Å². The first-order chi connectivity index (χ1) is 21.0. The molecule has 0 fully saturated rings. The van der Waals surface area contributed by atoms with Gasteiger partial charge >= 0.3 is 6.09 Å². The van der Waals surface area contributed by atoms with Gasteiger partial charge in [-0.3, -0.25) is 14.5 Å². The Hall–Kier alpha value is -4.42. The molecule has 14 heteroatoms. The Morgan fingerprint density at radius 1 is 1.16 bits per heavy atom. The number of hydrogen-bond acceptors (Lipinski definition) is 9. The highest BCUT2D eigenvalue weighted by Gasteiger charge is 2.43. The number of carbonyl (C=O) groups excluding carboxylic acids is 2. The third-order valence-electron chi connectivity index (χ3n) is 6.81. The fourth-order valence-corrected chi connectivity index (χ4v) is 5.08. The van der Waals surface area contributed by atoms with Gasteiger partial charge in [0, 0.05) is 30.9 Å². The molecule has 0 saturated heterocycles. The van der Waals surface area contributed by atoms with E-state index in [4.69, 9.17) is 43.4 Å². The minimum atomic E-state index is -0.756. The quantitative estimate of drug-likeness (QED) is 0.324. The van der Waals surface area contributed by atoms with Gasteiger partial charge in [0.1, 0.15) is 22.0 Å². The van der Waals surface area contributed by atoms with Crippen LogP contribution in [0.1, 0.15) is 46.2 Å². The average molecular weight is 657 g/mol. The van der Waals surface area contributed by atoms with Crippen LogP contribution in [0.25, 0.3) is 0 Å². The summed E-state index contributed by atoms with van der Waals surface area (Å²) in [5, 5.41) is 0.454. The van der Waals surface area contributed by atoms with Crippen molar-refractivity contribution >= 4 is 58.2 Å². The number of carbonyl (C=O) groups is 2. The number of amides is 2. The largest absolute Gasteiger partial charge is 0.479 e. The van der Waals surface area contributed by atoms with Crippen molar-refractivity contribution in [2.75, 3.05) is 24.0 Å². The SMILES string of the molecule is COc1nc(N(C)C(=O)OC(C)(C)C)ncc1N=C(C1=C(N)C(=O)N(c2cc(Cl)c(=O)n(C)c2)C1c1ccc(Cl)cc1)C(C)C. The molecule has 2 N–H and O–H groups in total. The third-order valence-corrected chi connectivity index (χ3v) is 7.33. The van der Waals surface area contributed by atoms with Gasteiger partial charge < -0.3 is 19.8 Å². The van der Waals surface area contributed by atoms with Crippen LogP contribution in [-0.2, 0) is 16.6 Å². The van der Waals surface area contributed by atoms with Gasteiger partial charge in [-0.25, -0.2) is 19.7 Å². The first-order valence-corrected chi connectivity index (χ1v) is 14.7. The maximum Gasteiger partial charge on any atom is 0.416 e. The van der Waals surface area contributed by atoms with Crippen molar-refractivity contribution < 1.29 is 19.1 Å². The Bertz CT molecular complexity index is 1740. The van der Waals surface area contributed by atoms with Crippen molar-refractivity contribution in [1.29, 1.82) is 0 Å². The van der Waals surface area contributed by atoms with E-state index in [0.29, 0.717) is 27.6 Å². The van der Waals surface area contributed by atoms with Gasteiger partial charge in [0.05, 0.1) is 30.7 Å². The second-order valence-corrected chi connectivity index (χ2v) is 12.5. The molecule has 2 amide bonds. The Morgan fingerprint density at radius 3 is 2.36 bits per heavy atom. The smallest absolute Gasteiger partial charge is 0.416 e. The number of rotatable bonds is 7. The van der Waals surface area contributed by atoms with Crippen LogP contribution in [0.4, 0.5) is 22.1 Å². The van der Waals surface area contributed by atoms with E-state index in [1.807, 2.05) is 13.8 Å². The first kappa shape index (κ1) is 33.5. The monoisotopic (exact) mass is 655 g/mol. The van der Waals surface area contributed by atoms with E-state index in [1.54, 1.807) is 52.1 Å². The number of pyridine rings is 1. The number of aromatic nitrogens is 3. The van der Waals surface area contributed by atoms with E-state index >= 15 is 0 Å². The lowest BCUT2D eigenvalue weighted by atomic mass is 9.90. The highest BCUT2D eigenvalue weighted by molar-refractivity contribution is 6.31. The van der Waals surface area contributed by atoms with Gasteiger partial charge in [-0.2, -0.15) is 4.98 Å². The van der Waals surface area contributed by atoms with Gasteiger partial charge in [0.15, 0.2) is 0 Å². The molecular formula is C31H35Cl2N7O5. The lowest BCUT2D eigenvalue weighted by Crippen LogP contribution is -2.35. The molecule has 3 aromatic rings. The number of ether oxygens (including phenoxy) is 2. The predicted octanol–water partition coefficient (Wildman–Crippen LogP) is 5.59. The second kappa shape index (κ2) is 12.9. The molecule has 238 valence electrons. The van der Waals surface area contributed by atoms with E-state index in [9.17, 15) is 14.4 Å². The minimum Gasteiger partial charge on any atom is -0.479 e. The third kappa shape index (κ3) is 6.97. The fraction of sp³-hybridized carbons (Fsp3) is 0.355. The highest BCUT2D eigenvalue weighted by Crippen LogP contribution is 2.43. The van der Waals surface area contributed by atoms with Crippen LogP contribution in [0.5, 0.6) is 5.88 Å². The summed E-state index contributed by atoms with van der Waals surface area (Å²) >= 11 is 12.5. The van der Waals surface area contributed by atoms with Gasteiger partial charge in [-0.1, -0.05) is 49.2 Å². The Morgan fingerprint density at radius 2 is 1.80 bits per heavy atom. The molecule has 1 aliphatic heterocycles. The zero-order valence-corrected chi connectivity index (χ0v) is 27.8. The first-order valence-electron chi connectivity index (χ1n) is 14.0. The van der Waals surface area contributed by atoms with E-state index in [1.165, 1.54) is 42.1 Å². The topological polar surface area (TPSA) is 145 Å². The van der Waals surface area contributed by atoms with Crippen LogP contribution in [0.15, 0.2) is 63.8 Å². The maximum atomic E-state index is 13.9. The molecule has 1 atom stereocenters. The molecule has 1 aromatic carbocycles. The highest BCUT2D eigenvalue weighted by atomic mass is 35.5. The van der Waals surface area contributed by atoms with E-state index in [-0.39, 0.29) is 34.2 Å². The predicted molar refractivity (Wildman–Crippen MR) is 175 cm³/mol. The number of halogens is 2. The molecule has 12 nitrogen and oxygen atoms in total. The van der Waals surface area contributed by atoms with Crippen LogP contribution in [0.2, 0.25) is 10.0 Å². The molecular weight excluding hydrogens is 621 g/mol. The normalized spacial score (nSPS) is 15.6. The number of benzene rings is 1. The molecule has 0 saturated carbocycles. The number of aryl methyl sites for hydroxylation is 1. The molecule has 0 radical (unpaired) electrons. The van der Waals surface area contributed by atoms with Crippen LogP contribution in [0, 0.1) is 5.92 Å². The number of anilines is 2. The Labute approximate surface area is 271 Å². The Kier molecular flexibility index (Phi) is 9.59. The van der Waals surface area contributed by atoms with E-state index in [0.717, 1.165) is 4.90 Å². The summed E-state index contributed by atoms with van der Waals surface area (Å²) in [5.41, 5.74) is 7.64. The summed E-state index contributed by atoms with van der Waals surface area (Å²) in [4.78, 5) is 55.1. The molecule has 4 rings (SSSR count). The number of nitrogens with two attached hydrogens (primary N) is 1. The maximum absolute atomic E-state index is 13.9. The van der Waals surface area contributed by atoms with Crippen molar-refractivity contribution in [1.82, 2.24) is 14.5 Å². The van der Waals surface area contributed by atoms with Crippen molar-refractivity contribution in [3.63, 3.8) is 0 Å². The zero-order valence-electron chi connectivity index (χ0n) is 26.3. The van der Waals surface area contributed by atoms with Gasteiger partial charge in [0.25, 0.3) is 11.5 Å². The van der Waals surface area contributed by atoms with Crippen LogP contribution in [0.3, 0.4) is 0 Å². The summed E-state index contributed by atoms with van der Waals surface area (Å²) in [7, 11) is 4.45. The standard InChI is InChI=1S/C31H35Cl2N7O5/c1-16(2)24(36-21-14-35-29(37-26(21)44-8)39(7)30(43)45-31(3,4)5)22-23(34)28(42)40(19-13-20(33)27(41)38(6)15-19)25(22)17-9-11-18(32)12-10-17/h9-16,25H,34H2,1-8H3. The number of hydrogen-bond donors (Lipinski definition) is 1. The lowest BCUT2D eigenvalue weighted by Gasteiger charge is -2.29. The zero-order chi connectivity index (χ0) is 33.4. The van der Waals surface area contributed by atoms with E-state index in [2.05, 4.69) is 9.97 Å². The molecule has 45 heavy (non-hydrogen) atoms. The summed E-state index contributed by atoms with van der Waals surface area (Å²) in [6.07, 6.45) is 2.30. The van der Waals surface area contributed by atoms with Crippen molar-refractivity contribution in [3.05, 3.63) is 80.0 Å². The molecule has 0 aliphatic carbocycles. The molecule has 0 spiro atoms. The van der Waals surface area contributed by atoms with Crippen molar-refractivity contribution in [2.45, 2.75) is 46.3 Å². The van der Waals surface area contributed by atoms with Gasteiger partial charge in [0.2, 0.25) is 11.8 Å². The average Bonchev–Trinajstić information content (AvgIpc) is 3.22. The molecule has 0 bridgehead atoms. The molecule has 3 heterocycles. The summed E-state index contributed by atoms with van der Waals surface area (Å²) in [6, 6.07) is 7.68. The van der Waals surface area contributed by atoms with Gasteiger partial charge in [-0.15, -0.1) is 0 Å². The Balaban J connectivity index is 1.87. The fourth-order valence-electron chi connectivity index (χ4n) is 4.71. The molecule has 1 aliphatic rings. The number of aliphatic imine (C=N–C) groups is 1. The number of nitrogens with zero attached hydrogens (tertiary/aromatic N) is 6.